The van der Waals surface area contributed by atoms with Crippen LogP contribution in [0.3, 0.4) is 0 Å². The number of nitrogens with one attached hydrogen (secondary N) is 1. The lowest BCUT2D eigenvalue weighted by Crippen LogP contribution is -2.10. The van der Waals surface area contributed by atoms with E-state index in [1.165, 1.54) is 6.07 Å². The van der Waals surface area contributed by atoms with Crippen LogP contribution in [0.15, 0.2) is 18.2 Å². The second kappa shape index (κ2) is 4.85. The quantitative estimate of drug-likeness (QED) is 0.873. The summed E-state index contributed by atoms with van der Waals surface area (Å²) in [5.74, 6) is -0.897. The molecule has 0 radical (unpaired) electrons. The smallest absolute Gasteiger partial charge is 0.195 e. The summed E-state index contributed by atoms with van der Waals surface area (Å²) in [5.41, 5.74) is 0. The first-order chi connectivity index (χ1) is 8.49. The van der Waals surface area contributed by atoms with E-state index in [0.29, 0.717) is 10.6 Å². The summed E-state index contributed by atoms with van der Waals surface area (Å²) in [5, 5.41) is 6.59. The monoisotopic (exact) mass is 271 g/mol. The Morgan fingerprint density at radius 2 is 2.17 bits per heavy atom. The SMILES string of the molecule is C[C@@H](Oc1ccc(F)cc1F)c1n[nH]c(=S)n1C. The Morgan fingerprint density at radius 3 is 2.72 bits per heavy atom. The first-order valence-electron chi connectivity index (χ1n) is 5.22. The van der Waals surface area contributed by atoms with E-state index in [1.54, 1.807) is 18.5 Å². The molecule has 0 spiro atoms. The molecule has 7 heteroatoms. The van der Waals surface area contributed by atoms with Crippen LogP contribution >= 0.6 is 12.2 Å². The van der Waals surface area contributed by atoms with Gasteiger partial charge in [-0.1, -0.05) is 0 Å². The van der Waals surface area contributed by atoms with Crippen molar-refractivity contribution in [2.24, 2.45) is 7.05 Å². The minimum atomic E-state index is -0.751. The molecule has 1 heterocycles. The molecular formula is C11H11F2N3OS. The van der Waals surface area contributed by atoms with Crippen molar-refractivity contribution in [1.29, 1.82) is 0 Å². The van der Waals surface area contributed by atoms with Crippen LogP contribution in [0.5, 0.6) is 5.75 Å². The normalized spacial score (nSPS) is 12.4. The Balaban J connectivity index is 2.24. The molecule has 1 aromatic carbocycles. The van der Waals surface area contributed by atoms with Crippen LogP contribution in [0, 0.1) is 16.4 Å². The lowest BCUT2D eigenvalue weighted by atomic mass is 10.3. The lowest BCUT2D eigenvalue weighted by molar-refractivity contribution is 0.202. The van der Waals surface area contributed by atoms with Crippen LogP contribution in [0.2, 0.25) is 0 Å². The zero-order valence-electron chi connectivity index (χ0n) is 9.78. The number of H-pyrrole nitrogens is 1. The van der Waals surface area contributed by atoms with Crippen LogP contribution in [0.4, 0.5) is 8.78 Å². The van der Waals surface area contributed by atoms with Crippen molar-refractivity contribution >= 4 is 12.2 Å². The number of benzene rings is 1. The Labute approximate surface area is 107 Å². The molecule has 1 aromatic heterocycles. The van der Waals surface area contributed by atoms with E-state index in [1.807, 2.05) is 0 Å². The second-order valence-electron chi connectivity index (χ2n) is 3.78. The van der Waals surface area contributed by atoms with Crippen molar-refractivity contribution < 1.29 is 13.5 Å². The highest BCUT2D eigenvalue weighted by Crippen LogP contribution is 2.23. The van der Waals surface area contributed by atoms with Gasteiger partial charge in [-0.15, -0.1) is 0 Å². The number of aromatic amines is 1. The molecule has 0 unspecified atom stereocenters. The molecule has 2 rings (SSSR count). The summed E-state index contributed by atoms with van der Waals surface area (Å²) in [6, 6.07) is 3.14. The van der Waals surface area contributed by atoms with Crippen molar-refractivity contribution in [3.63, 3.8) is 0 Å². The van der Waals surface area contributed by atoms with Gasteiger partial charge in [-0.25, -0.2) is 8.78 Å². The fourth-order valence-corrected chi connectivity index (χ4v) is 1.68. The Hall–Kier alpha value is -1.76. The van der Waals surface area contributed by atoms with Gasteiger partial charge in [0.25, 0.3) is 0 Å². The molecule has 1 atom stereocenters. The summed E-state index contributed by atoms with van der Waals surface area (Å²) in [7, 11) is 1.72. The topological polar surface area (TPSA) is 42.8 Å². The molecule has 0 saturated carbocycles. The number of ether oxygens (including phenoxy) is 1. The molecule has 96 valence electrons. The van der Waals surface area contributed by atoms with Crippen LogP contribution in [-0.2, 0) is 7.05 Å². The lowest BCUT2D eigenvalue weighted by Gasteiger charge is -2.14. The van der Waals surface area contributed by atoms with Crippen molar-refractivity contribution in [1.82, 2.24) is 14.8 Å². The van der Waals surface area contributed by atoms with Crippen molar-refractivity contribution in [3.05, 3.63) is 40.4 Å². The van der Waals surface area contributed by atoms with Crippen LogP contribution in [0.1, 0.15) is 18.9 Å². The van der Waals surface area contributed by atoms with E-state index in [2.05, 4.69) is 10.2 Å². The summed E-state index contributed by atoms with van der Waals surface area (Å²) in [6.45, 7) is 1.70. The summed E-state index contributed by atoms with van der Waals surface area (Å²) in [6.07, 6.45) is -0.511. The predicted octanol–water partition coefficient (Wildman–Crippen LogP) is 2.90. The average Bonchev–Trinajstić information content (AvgIpc) is 2.64. The third-order valence-corrected chi connectivity index (χ3v) is 2.84. The first kappa shape index (κ1) is 12.7. The molecule has 1 N–H and O–H groups in total. The van der Waals surface area contributed by atoms with E-state index in [9.17, 15) is 8.78 Å². The van der Waals surface area contributed by atoms with Gasteiger partial charge < -0.3 is 9.30 Å². The Kier molecular flexibility index (Phi) is 3.42. The Bertz CT molecular complexity index is 623. The van der Waals surface area contributed by atoms with Crippen LogP contribution < -0.4 is 4.74 Å². The highest BCUT2D eigenvalue weighted by Gasteiger charge is 2.16. The van der Waals surface area contributed by atoms with Gasteiger partial charge in [0, 0.05) is 13.1 Å². The maximum atomic E-state index is 13.4. The Morgan fingerprint density at radius 1 is 1.44 bits per heavy atom. The largest absolute Gasteiger partial charge is 0.480 e. The molecule has 0 saturated heterocycles. The van der Waals surface area contributed by atoms with Gasteiger partial charge >= 0.3 is 0 Å². The standard InChI is InChI=1S/C11H11F2N3OS/c1-6(10-14-15-11(18)16(10)2)17-9-4-3-7(12)5-8(9)13/h3-6H,1-2H3,(H,15,18)/t6-/m1/s1. The van der Waals surface area contributed by atoms with Gasteiger partial charge in [-0.2, -0.15) is 5.10 Å². The van der Waals surface area contributed by atoms with Crippen molar-refractivity contribution in [2.75, 3.05) is 0 Å². The minimum absolute atomic E-state index is 0.0298. The van der Waals surface area contributed by atoms with Crippen LogP contribution in [-0.4, -0.2) is 14.8 Å². The molecule has 0 aliphatic carbocycles. The van der Waals surface area contributed by atoms with Gasteiger partial charge in [0.2, 0.25) is 0 Å². The number of rotatable bonds is 3. The van der Waals surface area contributed by atoms with E-state index in [-0.39, 0.29) is 5.75 Å². The third kappa shape index (κ3) is 2.40. The number of hydrogen-bond donors (Lipinski definition) is 1. The maximum Gasteiger partial charge on any atom is 0.195 e. The molecule has 0 amide bonds. The second-order valence-corrected chi connectivity index (χ2v) is 4.17. The van der Waals surface area contributed by atoms with Crippen molar-refractivity contribution in [3.8, 4) is 5.75 Å². The van der Waals surface area contributed by atoms with E-state index < -0.39 is 17.7 Å². The number of hydrogen-bond acceptors (Lipinski definition) is 3. The maximum absolute atomic E-state index is 13.4. The van der Waals surface area contributed by atoms with E-state index in [0.717, 1.165) is 12.1 Å². The summed E-state index contributed by atoms with van der Waals surface area (Å²) < 4.78 is 33.6. The average molecular weight is 271 g/mol. The molecule has 0 aliphatic rings. The fourth-order valence-electron chi connectivity index (χ4n) is 1.54. The fraction of sp³-hybridized carbons (Fsp3) is 0.273. The molecule has 2 aromatic rings. The van der Waals surface area contributed by atoms with Gasteiger partial charge in [-0.3, -0.25) is 5.10 Å². The highest BCUT2D eigenvalue weighted by atomic mass is 32.1. The highest BCUT2D eigenvalue weighted by molar-refractivity contribution is 7.71. The van der Waals surface area contributed by atoms with Gasteiger partial charge in [0.15, 0.2) is 28.3 Å². The first-order valence-corrected chi connectivity index (χ1v) is 5.63. The number of halogens is 2. The summed E-state index contributed by atoms with van der Waals surface area (Å²) >= 11 is 4.97. The number of aromatic nitrogens is 3. The van der Waals surface area contributed by atoms with Crippen LogP contribution in [0.25, 0.3) is 0 Å². The third-order valence-electron chi connectivity index (χ3n) is 2.48. The van der Waals surface area contributed by atoms with Gasteiger partial charge in [-0.05, 0) is 31.3 Å². The molecular weight excluding hydrogens is 260 g/mol. The number of nitrogens with zero attached hydrogens (tertiary/aromatic N) is 2. The molecule has 0 aliphatic heterocycles. The summed E-state index contributed by atoms with van der Waals surface area (Å²) in [4.78, 5) is 0. The van der Waals surface area contributed by atoms with Gasteiger partial charge in [0.1, 0.15) is 5.82 Å². The van der Waals surface area contributed by atoms with Crippen molar-refractivity contribution in [2.45, 2.75) is 13.0 Å². The predicted molar refractivity (Wildman–Crippen MR) is 63.8 cm³/mol. The zero-order valence-corrected chi connectivity index (χ0v) is 10.6. The van der Waals surface area contributed by atoms with E-state index in [4.69, 9.17) is 17.0 Å². The van der Waals surface area contributed by atoms with Gasteiger partial charge in [0.05, 0.1) is 0 Å². The molecule has 0 fully saturated rings. The minimum Gasteiger partial charge on any atom is -0.480 e. The molecule has 4 nitrogen and oxygen atoms in total. The molecule has 18 heavy (non-hydrogen) atoms. The van der Waals surface area contributed by atoms with E-state index >= 15 is 0 Å². The zero-order chi connectivity index (χ0) is 13.3. The molecule has 0 bridgehead atoms.